The molecule has 0 bridgehead atoms. The van der Waals surface area contributed by atoms with Crippen molar-refractivity contribution in [2.75, 3.05) is 26.7 Å². The van der Waals surface area contributed by atoms with Gasteiger partial charge in [-0.15, -0.1) is 0 Å². The van der Waals surface area contributed by atoms with Crippen molar-refractivity contribution in [3.8, 4) is 0 Å². The zero-order chi connectivity index (χ0) is 9.78. The van der Waals surface area contributed by atoms with Crippen LogP contribution >= 0.6 is 31.9 Å². The fourth-order valence-corrected chi connectivity index (χ4v) is 1.62. The van der Waals surface area contributed by atoms with Gasteiger partial charge in [-0.2, -0.15) is 0 Å². The zero-order valence-corrected chi connectivity index (χ0v) is 11.5. The van der Waals surface area contributed by atoms with E-state index < -0.39 is 0 Å². The molecule has 0 unspecified atom stereocenters. The number of hydrogen-bond donors (Lipinski definition) is 0. The van der Waals surface area contributed by atoms with Crippen LogP contribution in [0.5, 0.6) is 0 Å². The van der Waals surface area contributed by atoms with Crippen LogP contribution in [-0.4, -0.2) is 31.2 Å². The molecule has 72 valence electrons. The normalized spacial score (nSPS) is 14.5. The SMILES string of the molecule is CC[N+](C)(CC)C/C(Br)=C(/C)Br. The Morgan fingerprint density at radius 3 is 1.83 bits per heavy atom. The lowest BCUT2D eigenvalue weighted by atomic mass is 10.3. The molecule has 1 nitrogen and oxygen atoms in total. The quantitative estimate of drug-likeness (QED) is 0.697. The highest BCUT2D eigenvalue weighted by molar-refractivity contribution is 9.14. The molecule has 0 fully saturated rings. The largest absolute Gasteiger partial charge is 0.322 e. The van der Waals surface area contributed by atoms with Crippen LogP contribution in [0, 0.1) is 0 Å². The van der Waals surface area contributed by atoms with E-state index in [0.29, 0.717) is 0 Å². The van der Waals surface area contributed by atoms with E-state index in [1.807, 2.05) is 0 Å². The molecule has 0 rings (SSSR count). The van der Waals surface area contributed by atoms with Crippen molar-refractivity contribution in [1.29, 1.82) is 0 Å². The van der Waals surface area contributed by atoms with Crippen molar-refractivity contribution in [2.45, 2.75) is 20.8 Å². The summed E-state index contributed by atoms with van der Waals surface area (Å²) in [5, 5.41) is 0. The second-order valence-corrected chi connectivity index (χ2v) is 5.50. The van der Waals surface area contributed by atoms with E-state index in [9.17, 15) is 0 Å². The molecule has 0 aromatic rings. The number of halogens is 2. The van der Waals surface area contributed by atoms with Gasteiger partial charge in [0.1, 0.15) is 6.54 Å². The second kappa shape index (κ2) is 5.40. The minimum Gasteiger partial charge on any atom is -0.322 e. The number of nitrogens with zero attached hydrogens (tertiary/aromatic N) is 1. The van der Waals surface area contributed by atoms with Gasteiger partial charge in [-0.25, -0.2) is 0 Å². The summed E-state index contributed by atoms with van der Waals surface area (Å²) >= 11 is 7.05. The molecule has 3 heteroatoms. The van der Waals surface area contributed by atoms with Gasteiger partial charge in [0.15, 0.2) is 0 Å². The maximum Gasteiger partial charge on any atom is 0.111 e. The predicted molar refractivity (Wildman–Crippen MR) is 62.7 cm³/mol. The summed E-state index contributed by atoms with van der Waals surface area (Å²) in [5.41, 5.74) is 0. The molecule has 0 aromatic heterocycles. The summed E-state index contributed by atoms with van der Waals surface area (Å²) in [6.07, 6.45) is 0. The van der Waals surface area contributed by atoms with Crippen molar-refractivity contribution in [1.82, 2.24) is 0 Å². The fraction of sp³-hybridized carbons (Fsp3) is 0.778. The first-order valence-corrected chi connectivity index (χ1v) is 5.88. The van der Waals surface area contributed by atoms with Crippen molar-refractivity contribution in [3.05, 3.63) is 8.96 Å². The van der Waals surface area contributed by atoms with Crippen molar-refractivity contribution in [2.24, 2.45) is 0 Å². The molecule has 0 spiro atoms. The highest BCUT2D eigenvalue weighted by Gasteiger charge is 2.17. The average molecular weight is 300 g/mol. The van der Waals surface area contributed by atoms with Gasteiger partial charge >= 0.3 is 0 Å². The maximum atomic E-state index is 3.58. The van der Waals surface area contributed by atoms with Gasteiger partial charge in [0.25, 0.3) is 0 Å². The summed E-state index contributed by atoms with van der Waals surface area (Å²) in [5.74, 6) is 0. The summed E-state index contributed by atoms with van der Waals surface area (Å²) < 4.78 is 3.56. The molecule has 0 aliphatic carbocycles. The Kier molecular flexibility index (Phi) is 5.70. The fourth-order valence-electron chi connectivity index (χ4n) is 0.891. The molecule has 0 N–H and O–H groups in total. The molecule has 0 aliphatic rings. The van der Waals surface area contributed by atoms with Crippen LogP contribution in [0.4, 0.5) is 0 Å². The second-order valence-electron chi connectivity index (χ2n) is 3.35. The Hall–Kier alpha value is 0.660. The van der Waals surface area contributed by atoms with Crippen molar-refractivity contribution < 1.29 is 4.48 Å². The Bertz CT molecular complexity index is 167. The molecular formula is C9H18Br2N+. The van der Waals surface area contributed by atoms with Crippen LogP contribution < -0.4 is 0 Å². The Morgan fingerprint density at radius 1 is 1.17 bits per heavy atom. The highest BCUT2D eigenvalue weighted by Crippen LogP contribution is 2.20. The van der Waals surface area contributed by atoms with E-state index >= 15 is 0 Å². The van der Waals surface area contributed by atoms with Crippen LogP contribution in [0.3, 0.4) is 0 Å². The van der Waals surface area contributed by atoms with E-state index in [2.05, 4.69) is 59.7 Å². The Balaban J connectivity index is 4.32. The molecule has 0 aliphatic heterocycles. The lowest BCUT2D eigenvalue weighted by molar-refractivity contribution is -0.900. The molecule has 12 heavy (non-hydrogen) atoms. The van der Waals surface area contributed by atoms with E-state index in [1.54, 1.807) is 0 Å². The van der Waals surface area contributed by atoms with Crippen LogP contribution in [0.25, 0.3) is 0 Å². The molecule has 0 saturated carbocycles. The summed E-state index contributed by atoms with van der Waals surface area (Å²) in [6.45, 7) is 9.95. The van der Waals surface area contributed by atoms with Crippen molar-refractivity contribution >= 4 is 31.9 Å². The van der Waals surface area contributed by atoms with Crippen molar-refractivity contribution in [3.63, 3.8) is 0 Å². The first-order valence-electron chi connectivity index (χ1n) is 4.29. The van der Waals surface area contributed by atoms with Gasteiger partial charge in [0, 0.05) is 4.48 Å². The van der Waals surface area contributed by atoms with E-state index in [-0.39, 0.29) is 0 Å². The van der Waals surface area contributed by atoms with E-state index in [4.69, 9.17) is 0 Å². The summed E-state index contributed by atoms with van der Waals surface area (Å²) in [4.78, 5) is 0. The Labute approximate surface area is 92.7 Å². The first kappa shape index (κ1) is 12.7. The molecule has 0 amide bonds. The number of quaternary nitrogens is 1. The van der Waals surface area contributed by atoms with Gasteiger partial charge in [-0.1, -0.05) is 15.9 Å². The van der Waals surface area contributed by atoms with Crippen LogP contribution in [0.15, 0.2) is 8.96 Å². The topological polar surface area (TPSA) is 0 Å². The molecule has 0 heterocycles. The number of hydrogen-bond acceptors (Lipinski definition) is 0. The third-order valence-electron chi connectivity index (χ3n) is 2.42. The lowest BCUT2D eigenvalue weighted by Gasteiger charge is -2.32. The van der Waals surface area contributed by atoms with Gasteiger partial charge in [0.2, 0.25) is 0 Å². The number of likely N-dealkylation sites (N-methyl/N-ethyl adjacent to an activating group) is 1. The third kappa shape index (κ3) is 4.06. The summed E-state index contributed by atoms with van der Waals surface area (Å²) in [6, 6.07) is 0. The van der Waals surface area contributed by atoms with Gasteiger partial charge in [-0.3, -0.25) is 0 Å². The monoisotopic (exact) mass is 298 g/mol. The Morgan fingerprint density at radius 2 is 1.58 bits per heavy atom. The van der Waals surface area contributed by atoms with Gasteiger partial charge in [0.05, 0.1) is 24.6 Å². The predicted octanol–water partition coefficient (Wildman–Crippen LogP) is 3.49. The van der Waals surface area contributed by atoms with Crippen LogP contribution in [0.1, 0.15) is 20.8 Å². The van der Waals surface area contributed by atoms with Gasteiger partial charge < -0.3 is 4.48 Å². The molecule has 0 radical (unpaired) electrons. The smallest absolute Gasteiger partial charge is 0.111 e. The number of rotatable bonds is 4. The third-order valence-corrected chi connectivity index (χ3v) is 4.28. The van der Waals surface area contributed by atoms with Crippen LogP contribution in [-0.2, 0) is 0 Å². The minimum atomic E-state index is 1.07. The van der Waals surface area contributed by atoms with Crippen LogP contribution in [0.2, 0.25) is 0 Å². The van der Waals surface area contributed by atoms with Gasteiger partial charge in [-0.05, 0) is 36.7 Å². The first-order chi connectivity index (χ1) is 5.45. The van der Waals surface area contributed by atoms with E-state index in [0.717, 1.165) is 11.0 Å². The summed E-state index contributed by atoms with van der Waals surface area (Å²) in [7, 11) is 2.28. The van der Waals surface area contributed by atoms with E-state index in [1.165, 1.54) is 22.1 Å². The zero-order valence-electron chi connectivity index (χ0n) is 8.32. The average Bonchev–Trinajstić information content (AvgIpc) is 2.04. The highest BCUT2D eigenvalue weighted by atomic mass is 79.9. The number of allylic oxidation sites excluding steroid dienone is 1. The maximum absolute atomic E-state index is 3.58. The minimum absolute atomic E-state index is 1.07. The lowest BCUT2D eigenvalue weighted by Crippen LogP contribution is -2.44. The molecular weight excluding hydrogens is 282 g/mol. The molecule has 0 atom stereocenters. The molecule has 0 aromatic carbocycles. The standard InChI is InChI=1S/C9H18Br2N/c1-5-12(4,6-2)7-9(11)8(3)10/h5-7H2,1-4H3/q+1/b9-8+. The molecule has 0 saturated heterocycles.